The second-order valence-electron chi connectivity index (χ2n) is 6.35. The van der Waals surface area contributed by atoms with Crippen LogP contribution in [0.4, 0.5) is 0 Å². The van der Waals surface area contributed by atoms with Crippen molar-refractivity contribution < 1.29 is 19.1 Å². The van der Waals surface area contributed by atoms with Gasteiger partial charge in [-0.3, -0.25) is 14.4 Å². The molecule has 2 heterocycles. The lowest BCUT2D eigenvalue weighted by atomic mass is 10.1. The average Bonchev–Trinajstić information content (AvgIpc) is 3.16. The molecular formula is C18H23N3O4S. The summed E-state index contributed by atoms with van der Waals surface area (Å²) in [4.78, 5) is 42.3. The molecule has 26 heavy (non-hydrogen) atoms. The summed E-state index contributed by atoms with van der Waals surface area (Å²) in [5.74, 6) is 1.67. The van der Waals surface area contributed by atoms with Crippen LogP contribution in [-0.2, 0) is 9.59 Å². The average molecular weight is 377 g/mol. The fourth-order valence-electron chi connectivity index (χ4n) is 3.20. The Labute approximate surface area is 157 Å². The summed E-state index contributed by atoms with van der Waals surface area (Å²) in [6, 6.07) is 6.48. The van der Waals surface area contributed by atoms with Gasteiger partial charge in [-0.2, -0.15) is 0 Å². The minimum Gasteiger partial charge on any atom is -0.497 e. The number of amides is 3. The van der Waals surface area contributed by atoms with Crippen molar-refractivity contribution in [1.82, 2.24) is 14.7 Å². The first-order valence-corrected chi connectivity index (χ1v) is 9.74. The maximum atomic E-state index is 12.9. The number of hydrogen-bond acceptors (Lipinski definition) is 5. The van der Waals surface area contributed by atoms with E-state index in [2.05, 4.69) is 0 Å². The molecule has 0 saturated carbocycles. The molecular weight excluding hydrogens is 354 g/mol. The van der Waals surface area contributed by atoms with Crippen molar-refractivity contribution in [3.05, 3.63) is 29.8 Å². The summed E-state index contributed by atoms with van der Waals surface area (Å²) < 4.78 is 5.12. The highest BCUT2D eigenvalue weighted by atomic mass is 32.2. The van der Waals surface area contributed by atoms with Gasteiger partial charge in [-0.25, -0.2) is 0 Å². The molecule has 0 aromatic heterocycles. The third kappa shape index (κ3) is 3.80. The Morgan fingerprint density at radius 1 is 1.04 bits per heavy atom. The van der Waals surface area contributed by atoms with Gasteiger partial charge < -0.3 is 19.4 Å². The number of carbonyl (C=O) groups is 3. The summed E-state index contributed by atoms with van der Waals surface area (Å²) in [7, 11) is 1.58. The minimum atomic E-state index is -0.446. The normalized spacial score (nSPS) is 20.2. The molecule has 2 aliphatic heterocycles. The van der Waals surface area contributed by atoms with E-state index in [9.17, 15) is 14.4 Å². The van der Waals surface area contributed by atoms with Crippen molar-refractivity contribution in [3.8, 4) is 5.75 Å². The number of hydrogen-bond donors (Lipinski definition) is 0. The highest BCUT2D eigenvalue weighted by Gasteiger charge is 2.38. The van der Waals surface area contributed by atoms with E-state index in [1.165, 1.54) is 0 Å². The SMILES string of the molecule is COc1ccc(C(=O)N2CSC[C@H]2C(=O)N2CCN(C(C)=O)CC2)cc1. The lowest BCUT2D eigenvalue weighted by Crippen LogP contribution is -2.55. The molecule has 7 nitrogen and oxygen atoms in total. The van der Waals surface area contributed by atoms with Crippen molar-refractivity contribution in [3.63, 3.8) is 0 Å². The molecule has 3 amide bonds. The van der Waals surface area contributed by atoms with Crippen LogP contribution in [0.25, 0.3) is 0 Å². The second kappa shape index (κ2) is 7.99. The summed E-state index contributed by atoms with van der Waals surface area (Å²) >= 11 is 1.59. The quantitative estimate of drug-likeness (QED) is 0.783. The Balaban J connectivity index is 1.66. The topological polar surface area (TPSA) is 70.2 Å². The first kappa shape index (κ1) is 18.6. The Hall–Kier alpha value is -2.22. The van der Waals surface area contributed by atoms with Crippen LogP contribution in [-0.4, -0.2) is 83.4 Å². The standard InChI is InChI=1S/C18H23N3O4S/c1-13(22)19-7-9-20(10-8-19)18(24)16-11-26-12-21(16)17(23)14-3-5-15(25-2)6-4-14/h3-6,16H,7-12H2,1-2H3/t16-/m0/s1. The molecule has 0 spiro atoms. The van der Waals surface area contributed by atoms with Crippen molar-refractivity contribution in [1.29, 1.82) is 0 Å². The van der Waals surface area contributed by atoms with Gasteiger partial charge in [-0.15, -0.1) is 11.8 Å². The van der Waals surface area contributed by atoms with Gasteiger partial charge >= 0.3 is 0 Å². The predicted octanol–water partition coefficient (Wildman–Crippen LogP) is 0.901. The zero-order chi connectivity index (χ0) is 18.7. The number of piperazine rings is 1. The fourth-order valence-corrected chi connectivity index (χ4v) is 4.34. The van der Waals surface area contributed by atoms with Crippen molar-refractivity contribution in [2.45, 2.75) is 13.0 Å². The first-order chi connectivity index (χ1) is 12.5. The number of methoxy groups -OCH3 is 1. The molecule has 0 aliphatic carbocycles. The van der Waals surface area contributed by atoms with E-state index in [0.717, 1.165) is 0 Å². The second-order valence-corrected chi connectivity index (χ2v) is 7.35. The Morgan fingerprint density at radius 2 is 1.65 bits per heavy atom. The van der Waals surface area contributed by atoms with E-state index in [4.69, 9.17) is 4.74 Å². The van der Waals surface area contributed by atoms with E-state index >= 15 is 0 Å². The summed E-state index contributed by atoms with van der Waals surface area (Å²) in [5.41, 5.74) is 0.549. The van der Waals surface area contributed by atoms with E-state index in [0.29, 0.717) is 49.1 Å². The van der Waals surface area contributed by atoms with Gasteiger partial charge in [0.05, 0.1) is 13.0 Å². The highest BCUT2D eigenvalue weighted by molar-refractivity contribution is 7.99. The largest absolute Gasteiger partial charge is 0.497 e. The van der Waals surface area contributed by atoms with Crippen LogP contribution < -0.4 is 4.74 Å². The van der Waals surface area contributed by atoms with E-state index in [1.807, 2.05) is 0 Å². The van der Waals surface area contributed by atoms with Gasteiger partial charge in [0.1, 0.15) is 11.8 Å². The molecule has 2 saturated heterocycles. The minimum absolute atomic E-state index is 0.0277. The molecule has 1 aromatic carbocycles. The third-order valence-electron chi connectivity index (χ3n) is 4.80. The Kier molecular flexibility index (Phi) is 5.70. The molecule has 3 rings (SSSR count). The number of nitrogens with zero attached hydrogens (tertiary/aromatic N) is 3. The molecule has 2 fully saturated rings. The summed E-state index contributed by atoms with van der Waals surface area (Å²) in [5, 5.41) is 0. The van der Waals surface area contributed by atoms with Crippen LogP contribution in [0.15, 0.2) is 24.3 Å². The van der Waals surface area contributed by atoms with Gasteiger partial charge in [0.2, 0.25) is 11.8 Å². The maximum Gasteiger partial charge on any atom is 0.255 e. The van der Waals surface area contributed by atoms with Crippen LogP contribution >= 0.6 is 11.8 Å². The zero-order valence-electron chi connectivity index (χ0n) is 15.0. The predicted molar refractivity (Wildman–Crippen MR) is 99.1 cm³/mol. The first-order valence-electron chi connectivity index (χ1n) is 8.58. The monoisotopic (exact) mass is 377 g/mol. The number of carbonyl (C=O) groups excluding carboxylic acids is 3. The van der Waals surface area contributed by atoms with Gasteiger partial charge in [0.25, 0.3) is 5.91 Å². The van der Waals surface area contributed by atoms with Gasteiger partial charge in [-0.05, 0) is 24.3 Å². The molecule has 140 valence electrons. The molecule has 0 unspecified atom stereocenters. The Morgan fingerprint density at radius 3 is 2.23 bits per heavy atom. The molecule has 0 N–H and O–H groups in total. The summed E-state index contributed by atoms with van der Waals surface area (Å²) in [6.07, 6.45) is 0. The fraction of sp³-hybridized carbons (Fsp3) is 0.500. The van der Waals surface area contributed by atoms with Crippen LogP contribution in [0.2, 0.25) is 0 Å². The van der Waals surface area contributed by atoms with Crippen LogP contribution in [0.3, 0.4) is 0 Å². The van der Waals surface area contributed by atoms with Crippen molar-refractivity contribution in [2.75, 3.05) is 44.9 Å². The van der Waals surface area contributed by atoms with E-state index in [-0.39, 0.29) is 17.7 Å². The van der Waals surface area contributed by atoms with Crippen molar-refractivity contribution in [2.24, 2.45) is 0 Å². The molecule has 0 bridgehead atoms. The zero-order valence-corrected chi connectivity index (χ0v) is 15.8. The number of ether oxygens (including phenoxy) is 1. The lowest BCUT2D eigenvalue weighted by molar-refractivity contribution is -0.140. The maximum absolute atomic E-state index is 12.9. The van der Waals surface area contributed by atoms with E-state index < -0.39 is 6.04 Å². The molecule has 1 atom stereocenters. The van der Waals surface area contributed by atoms with Gasteiger partial charge in [0.15, 0.2) is 0 Å². The molecule has 0 radical (unpaired) electrons. The molecule has 8 heteroatoms. The van der Waals surface area contributed by atoms with Crippen LogP contribution in [0, 0.1) is 0 Å². The smallest absolute Gasteiger partial charge is 0.255 e. The van der Waals surface area contributed by atoms with Gasteiger partial charge in [0, 0.05) is 44.4 Å². The van der Waals surface area contributed by atoms with E-state index in [1.54, 1.807) is 64.8 Å². The molecule has 2 aliphatic rings. The van der Waals surface area contributed by atoms with Crippen LogP contribution in [0.5, 0.6) is 5.75 Å². The highest BCUT2D eigenvalue weighted by Crippen LogP contribution is 2.25. The van der Waals surface area contributed by atoms with Crippen molar-refractivity contribution >= 4 is 29.5 Å². The van der Waals surface area contributed by atoms with Gasteiger partial charge in [-0.1, -0.05) is 0 Å². The summed E-state index contributed by atoms with van der Waals surface area (Å²) in [6.45, 7) is 3.68. The number of rotatable bonds is 3. The lowest BCUT2D eigenvalue weighted by Gasteiger charge is -2.36. The number of thioether (sulfide) groups is 1. The number of benzene rings is 1. The third-order valence-corrected chi connectivity index (χ3v) is 5.81. The Bertz CT molecular complexity index is 686. The molecule has 1 aromatic rings. The van der Waals surface area contributed by atoms with Crippen LogP contribution in [0.1, 0.15) is 17.3 Å².